The molecule has 0 aliphatic rings. The summed E-state index contributed by atoms with van der Waals surface area (Å²) in [5, 5.41) is 12.2. The fraction of sp³-hybridized carbons (Fsp3) is 0.211. The Morgan fingerprint density at radius 2 is 2.00 bits per heavy atom. The van der Waals surface area contributed by atoms with Gasteiger partial charge in [-0.1, -0.05) is 75.4 Å². The second kappa shape index (κ2) is 9.34. The van der Waals surface area contributed by atoms with Gasteiger partial charge in [0.2, 0.25) is 11.0 Å². The van der Waals surface area contributed by atoms with Crippen LogP contribution in [0.25, 0.3) is 0 Å². The number of amides is 1. The van der Waals surface area contributed by atoms with Crippen molar-refractivity contribution in [2.45, 2.75) is 17.3 Å². The van der Waals surface area contributed by atoms with E-state index in [4.69, 9.17) is 0 Å². The van der Waals surface area contributed by atoms with Crippen molar-refractivity contribution in [2.75, 3.05) is 18.1 Å². The van der Waals surface area contributed by atoms with Gasteiger partial charge in [0.05, 0.1) is 11.8 Å². The summed E-state index contributed by atoms with van der Waals surface area (Å²) in [7, 11) is 1.83. The molecule has 2 aromatic carbocycles. The molecular weight excluding hydrogens is 444 g/mol. The zero-order valence-electron chi connectivity index (χ0n) is 14.9. The zero-order valence-corrected chi connectivity index (χ0v) is 18.1. The Balaban J connectivity index is 1.54. The van der Waals surface area contributed by atoms with Crippen LogP contribution in [0, 0.1) is 0 Å². The first-order valence-electron chi connectivity index (χ1n) is 8.32. The van der Waals surface area contributed by atoms with E-state index in [0.29, 0.717) is 10.9 Å². The van der Waals surface area contributed by atoms with Crippen LogP contribution in [0.2, 0.25) is 0 Å². The van der Waals surface area contributed by atoms with E-state index in [9.17, 15) is 4.79 Å². The van der Waals surface area contributed by atoms with Crippen LogP contribution in [0.5, 0.6) is 0 Å². The van der Waals surface area contributed by atoms with Gasteiger partial charge in [-0.15, -0.1) is 10.2 Å². The second-order valence-electron chi connectivity index (χ2n) is 5.89. The van der Waals surface area contributed by atoms with E-state index in [1.165, 1.54) is 23.1 Å². The predicted molar refractivity (Wildman–Crippen MR) is 116 cm³/mol. The lowest BCUT2D eigenvalue weighted by atomic mass is 10.1. The van der Waals surface area contributed by atoms with Gasteiger partial charge in [0.25, 0.3) is 0 Å². The maximum absolute atomic E-state index is 12.5. The molecule has 1 heterocycles. The highest BCUT2D eigenvalue weighted by atomic mass is 79.9. The average molecular weight is 463 g/mol. The average Bonchev–Trinajstić information content (AvgIpc) is 3.13. The monoisotopic (exact) mass is 462 g/mol. The zero-order chi connectivity index (χ0) is 19.2. The van der Waals surface area contributed by atoms with Gasteiger partial charge in [0.15, 0.2) is 4.34 Å². The number of anilines is 2. The lowest BCUT2D eigenvalue weighted by molar-refractivity contribution is -0.128. The summed E-state index contributed by atoms with van der Waals surface area (Å²) < 4.78 is 1.76. The number of hydrogen-bond donors (Lipinski definition) is 1. The van der Waals surface area contributed by atoms with Gasteiger partial charge in [-0.25, -0.2) is 0 Å². The van der Waals surface area contributed by atoms with Crippen molar-refractivity contribution in [1.29, 1.82) is 0 Å². The fourth-order valence-electron chi connectivity index (χ4n) is 2.40. The van der Waals surface area contributed by atoms with E-state index in [2.05, 4.69) is 31.4 Å². The minimum Gasteiger partial charge on any atom is -0.338 e. The summed E-state index contributed by atoms with van der Waals surface area (Å²) >= 11 is 6.29. The molecule has 0 fully saturated rings. The minimum absolute atomic E-state index is 0.0301. The van der Waals surface area contributed by atoms with Gasteiger partial charge < -0.3 is 10.2 Å². The summed E-state index contributed by atoms with van der Waals surface area (Å²) in [6.07, 6.45) is 0. The van der Waals surface area contributed by atoms with Crippen LogP contribution in [0.4, 0.5) is 10.8 Å². The molecule has 0 aliphatic carbocycles. The Kier molecular flexibility index (Phi) is 6.87. The summed E-state index contributed by atoms with van der Waals surface area (Å²) in [6.45, 7) is 2.03. The Labute approximate surface area is 175 Å². The number of aromatic nitrogens is 2. The molecule has 5 nitrogen and oxygen atoms in total. The van der Waals surface area contributed by atoms with Crippen LogP contribution in [0.15, 0.2) is 63.4 Å². The molecule has 0 spiro atoms. The molecule has 3 rings (SSSR count). The van der Waals surface area contributed by atoms with Crippen molar-refractivity contribution >= 4 is 55.8 Å². The van der Waals surface area contributed by atoms with Crippen molar-refractivity contribution in [1.82, 2.24) is 15.1 Å². The van der Waals surface area contributed by atoms with Gasteiger partial charge in [-0.05, 0) is 30.7 Å². The molecule has 1 unspecified atom stereocenters. The largest absolute Gasteiger partial charge is 0.338 e. The molecule has 1 atom stereocenters. The van der Waals surface area contributed by atoms with E-state index < -0.39 is 0 Å². The number of nitrogens with zero attached hydrogens (tertiary/aromatic N) is 3. The van der Waals surface area contributed by atoms with E-state index in [1.54, 1.807) is 4.90 Å². The van der Waals surface area contributed by atoms with Crippen LogP contribution < -0.4 is 5.32 Å². The molecular formula is C19H19BrN4OS2. The molecule has 1 N–H and O–H groups in total. The number of thioether (sulfide) groups is 1. The van der Waals surface area contributed by atoms with Gasteiger partial charge >= 0.3 is 0 Å². The molecule has 1 amide bonds. The van der Waals surface area contributed by atoms with Crippen molar-refractivity contribution in [2.24, 2.45) is 0 Å². The highest BCUT2D eigenvalue weighted by Gasteiger charge is 2.18. The Morgan fingerprint density at radius 1 is 1.22 bits per heavy atom. The molecule has 0 bridgehead atoms. The third-order valence-corrected chi connectivity index (χ3v) is 6.51. The highest BCUT2D eigenvalue weighted by Crippen LogP contribution is 2.29. The predicted octanol–water partition coefficient (Wildman–Crippen LogP) is 5.36. The number of benzene rings is 2. The van der Waals surface area contributed by atoms with E-state index in [1.807, 2.05) is 68.6 Å². The van der Waals surface area contributed by atoms with Crippen molar-refractivity contribution in [3.63, 3.8) is 0 Å². The Hall–Kier alpha value is -1.90. The first kappa shape index (κ1) is 19.9. The normalized spacial score (nSPS) is 11.8. The van der Waals surface area contributed by atoms with Gasteiger partial charge in [0.1, 0.15) is 0 Å². The molecule has 0 saturated carbocycles. The lowest BCUT2D eigenvalue weighted by Crippen LogP contribution is -2.31. The van der Waals surface area contributed by atoms with Crippen molar-refractivity contribution in [3.05, 3.63) is 64.6 Å². The minimum atomic E-state index is 0.0301. The molecule has 140 valence electrons. The molecule has 3 aromatic rings. The van der Waals surface area contributed by atoms with Crippen molar-refractivity contribution < 1.29 is 4.79 Å². The van der Waals surface area contributed by atoms with Crippen LogP contribution in [0.3, 0.4) is 0 Å². The number of rotatable bonds is 7. The molecule has 1 aromatic heterocycles. The van der Waals surface area contributed by atoms with E-state index in [0.717, 1.165) is 20.1 Å². The van der Waals surface area contributed by atoms with Gasteiger partial charge in [0, 0.05) is 17.2 Å². The molecule has 8 heteroatoms. The first-order valence-corrected chi connectivity index (χ1v) is 10.9. The van der Waals surface area contributed by atoms with E-state index in [-0.39, 0.29) is 11.9 Å². The first-order chi connectivity index (χ1) is 13.0. The second-order valence-corrected chi connectivity index (χ2v) is 9.00. The SMILES string of the molecule is CC(c1ccccc1)N(C)C(=O)CSc1nnc(Nc2cccc(Br)c2)s1. The van der Waals surface area contributed by atoms with Crippen LogP contribution >= 0.6 is 39.0 Å². The number of carbonyl (C=O) groups excluding carboxylic acids is 1. The quantitative estimate of drug-likeness (QED) is 0.479. The summed E-state index contributed by atoms with van der Waals surface area (Å²) in [6, 6.07) is 17.9. The summed E-state index contributed by atoms with van der Waals surface area (Å²) in [5.41, 5.74) is 2.05. The lowest BCUT2D eigenvalue weighted by Gasteiger charge is -2.25. The van der Waals surface area contributed by atoms with Crippen LogP contribution in [-0.2, 0) is 4.79 Å². The maximum Gasteiger partial charge on any atom is 0.233 e. The number of carbonyl (C=O) groups is 1. The van der Waals surface area contributed by atoms with E-state index >= 15 is 0 Å². The topological polar surface area (TPSA) is 58.1 Å². The van der Waals surface area contributed by atoms with Gasteiger partial charge in [-0.2, -0.15) is 0 Å². The smallest absolute Gasteiger partial charge is 0.233 e. The summed E-state index contributed by atoms with van der Waals surface area (Å²) in [4.78, 5) is 14.3. The number of hydrogen-bond acceptors (Lipinski definition) is 6. The van der Waals surface area contributed by atoms with Crippen LogP contribution in [-0.4, -0.2) is 33.8 Å². The van der Waals surface area contributed by atoms with Gasteiger partial charge in [-0.3, -0.25) is 4.79 Å². The Bertz CT molecular complexity index is 903. The molecule has 0 aliphatic heterocycles. The van der Waals surface area contributed by atoms with Crippen molar-refractivity contribution in [3.8, 4) is 0 Å². The third kappa shape index (κ3) is 5.54. The number of halogens is 1. The highest BCUT2D eigenvalue weighted by molar-refractivity contribution is 9.10. The number of nitrogens with one attached hydrogen (secondary N) is 1. The summed E-state index contributed by atoms with van der Waals surface area (Å²) in [5.74, 6) is 0.396. The van der Waals surface area contributed by atoms with Crippen LogP contribution in [0.1, 0.15) is 18.5 Å². The Morgan fingerprint density at radius 3 is 2.74 bits per heavy atom. The fourth-order valence-corrected chi connectivity index (χ4v) is 4.50. The molecule has 27 heavy (non-hydrogen) atoms. The maximum atomic E-state index is 12.5. The molecule has 0 saturated heterocycles. The molecule has 0 radical (unpaired) electrons. The standard InChI is InChI=1S/C19H19BrN4OS2/c1-13(14-7-4-3-5-8-14)24(2)17(25)12-26-19-23-22-18(27-19)21-16-10-6-9-15(20)11-16/h3-11,13H,12H2,1-2H3,(H,21,22). The third-order valence-electron chi connectivity index (χ3n) is 4.06.